The van der Waals surface area contributed by atoms with Crippen LogP contribution in [0.3, 0.4) is 0 Å². The van der Waals surface area contributed by atoms with E-state index >= 15 is 0 Å². The van der Waals surface area contributed by atoms with E-state index in [1.165, 1.54) is 6.92 Å². The molecule has 1 fully saturated rings. The minimum absolute atomic E-state index is 0.135. The number of carbonyl (C=O) groups is 3. The summed E-state index contributed by atoms with van der Waals surface area (Å²) >= 11 is 0. The Hall–Kier alpha value is -1.40. The van der Waals surface area contributed by atoms with Gasteiger partial charge in [-0.2, -0.15) is 13.2 Å². The SMILES string of the molecule is CC(=O)CC1C(=O)CCN(C(C)C(F)(F)F)C1=O. The Morgan fingerprint density at radius 2 is 2.00 bits per heavy atom. The summed E-state index contributed by atoms with van der Waals surface area (Å²) < 4.78 is 37.6. The van der Waals surface area contributed by atoms with Crippen LogP contribution in [0.1, 0.15) is 26.7 Å². The zero-order chi connectivity index (χ0) is 14.1. The Balaban J connectivity index is 2.88. The molecule has 1 rings (SSSR count). The third-order valence-electron chi connectivity index (χ3n) is 3.00. The summed E-state index contributed by atoms with van der Waals surface area (Å²) in [7, 11) is 0. The van der Waals surface area contributed by atoms with Gasteiger partial charge < -0.3 is 4.90 Å². The Labute approximate surface area is 102 Å². The lowest BCUT2D eigenvalue weighted by molar-refractivity contribution is -0.190. The van der Waals surface area contributed by atoms with Gasteiger partial charge in [-0.25, -0.2) is 0 Å². The molecule has 1 aliphatic heterocycles. The Bertz CT molecular complexity index is 378. The van der Waals surface area contributed by atoms with E-state index in [-0.39, 0.29) is 25.2 Å². The second-order valence-corrected chi connectivity index (χ2v) is 4.42. The van der Waals surface area contributed by atoms with Crippen molar-refractivity contribution >= 4 is 17.5 Å². The topological polar surface area (TPSA) is 54.5 Å². The summed E-state index contributed by atoms with van der Waals surface area (Å²) in [5, 5.41) is 0. The average Bonchev–Trinajstić information content (AvgIpc) is 2.22. The van der Waals surface area contributed by atoms with Crippen molar-refractivity contribution in [3.63, 3.8) is 0 Å². The largest absolute Gasteiger partial charge is 0.408 e. The predicted octanol–water partition coefficient (Wildman–Crippen LogP) is 1.33. The smallest absolute Gasteiger partial charge is 0.330 e. The molecule has 0 spiro atoms. The Kier molecular flexibility index (Phi) is 4.13. The first-order chi connectivity index (χ1) is 8.14. The summed E-state index contributed by atoms with van der Waals surface area (Å²) in [5.74, 6) is -2.99. The van der Waals surface area contributed by atoms with Gasteiger partial charge in [0.05, 0.1) is 0 Å². The number of ketones is 2. The minimum Gasteiger partial charge on any atom is -0.330 e. The van der Waals surface area contributed by atoms with E-state index in [0.29, 0.717) is 4.90 Å². The van der Waals surface area contributed by atoms with Crippen LogP contribution in [-0.4, -0.2) is 41.1 Å². The first-order valence-corrected chi connectivity index (χ1v) is 5.54. The molecule has 1 saturated heterocycles. The molecule has 2 unspecified atom stereocenters. The fourth-order valence-electron chi connectivity index (χ4n) is 1.90. The van der Waals surface area contributed by atoms with Crippen molar-refractivity contribution in [1.29, 1.82) is 0 Å². The number of amides is 1. The van der Waals surface area contributed by atoms with Crippen molar-refractivity contribution in [1.82, 2.24) is 4.90 Å². The van der Waals surface area contributed by atoms with Crippen LogP contribution in [0.15, 0.2) is 0 Å². The van der Waals surface area contributed by atoms with Crippen molar-refractivity contribution in [2.45, 2.75) is 38.9 Å². The van der Waals surface area contributed by atoms with Crippen LogP contribution in [0.4, 0.5) is 13.2 Å². The van der Waals surface area contributed by atoms with E-state index in [1.54, 1.807) is 0 Å². The van der Waals surface area contributed by atoms with Gasteiger partial charge in [0.25, 0.3) is 0 Å². The molecule has 0 aliphatic carbocycles. The molecule has 7 heteroatoms. The maximum Gasteiger partial charge on any atom is 0.408 e. The van der Waals surface area contributed by atoms with Crippen LogP contribution >= 0.6 is 0 Å². The molecule has 4 nitrogen and oxygen atoms in total. The first kappa shape index (κ1) is 14.7. The predicted molar refractivity (Wildman–Crippen MR) is 55.6 cm³/mol. The molecule has 0 N–H and O–H groups in total. The third kappa shape index (κ3) is 3.08. The number of hydrogen-bond donors (Lipinski definition) is 0. The van der Waals surface area contributed by atoms with E-state index in [4.69, 9.17) is 0 Å². The quantitative estimate of drug-likeness (QED) is 0.723. The van der Waals surface area contributed by atoms with Gasteiger partial charge in [0.2, 0.25) is 5.91 Å². The molecule has 0 radical (unpaired) electrons. The summed E-state index contributed by atoms with van der Waals surface area (Å²) in [4.78, 5) is 34.9. The second-order valence-electron chi connectivity index (χ2n) is 4.42. The van der Waals surface area contributed by atoms with Gasteiger partial charge in [0, 0.05) is 19.4 Å². The minimum atomic E-state index is -4.53. The van der Waals surface area contributed by atoms with E-state index in [0.717, 1.165) is 6.92 Å². The number of alkyl halides is 3. The highest BCUT2D eigenvalue weighted by Crippen LogP contribution is 2.29. The number of likely N-dealkylation sites (tertiary alicyclic amines) is 1. The highest BCUT2D eigenvalue weighted by Gasteiger charge is 2.46. The van der Waals surface area contributed by atoms with Crippen molar-refractivity contribution in [2.75, 3.05) is 6.54 Å². The number of piperidine rings is 1. The number of halogens is 3. The molecule has 1 aliphatic rings. The molecule has 0 saturated carbocycles. The van der Waals surface area contributed by atoms with Crippen molar-refractivity contribution in [3.05, 3.63) is 0 Å². The number of hydrogen-bond acceptors (Lipinski definition) is 3. The molecule has 0 aromatic heterocycles. The lowest BCUT2D eigenvalue weighted by Crippen LogP contribution is -2.54. The lowest BCUT2D eigenvalue weighted by atomic mass is 9.90. The highest BCUT2D eigenvalue weighted by molar-refractivity contribution is 6.06. The molecule has 0 aromatic carbocycles. The zero-order valence-electron chi connectivity index (χ0n) is 10.1. The summed E-state index contributed by atoms with van der Waals surface area (Å²) in [6.45, 7) is 1.83. The highest BCUT2D eigenvalue weighted by atomic mass is 19.4. The fraction of sp³-hybridized carbons (Fsp3) is 0.727. The van der Waals surface area contributed by atoms with Crippen molar-refractivity contribution in [2.24, 2.45) is 5.92 Å². The first-order valence-electron chi connectivity index (χ1n) is 5.54. The number of Topliss-reactive ketones (excluding diaryl/α,β-unsaturated/α-hetero) is 2. The van der Waals surface area contributed by atoms with Gasteiger partial charge in [-0.15, -0.1) is 0 Å². The fourth-order valence-corrected chi connectivity index (χ4v) is 1.90. The molecule has 2 atom stereocenters. The normalized spacial score (nSPS) is 23.2. The molecule has 102 valence electrons. The summed E-state index contributed by atoms with van der Waals surface area (Å²) in [5.41, 5.74) is 0. The molecule has 18 heavy (non-hydrogen) atoms. The van der Waals surface area contributed by atoms with Crippen LogP contribution in [0, 0.1) is 5.92 Å². The van der Waals surface area contributed by atoms with Gasteiger partial charge in [0.1, 0.15) is 23.5 Å². The maximum atomic E-state index is 12.5. The van der Waals surface area contributed by atoms with Crippen LogP contribution in [0.5, 0.6) is 0 Å². The molecule has 1 heterocycles. The lowest BCUT2D eigenvalue weighted by Gasteiger charge is -2.36. The van der Waals surface area contributed by atoms with Gasteiger partial charge in [-0.05, 0) is 13.8 Å². The average molecular weight is 265 g/mol. The number of carbonyl (C=O) groups excluding carboxylic acids is 3. The molecule has 0 aromatic rings. The van der Waals surface area contributed by atoms with Crippen molar-refractivity contribution < 1.29 is 27.6 Å². The van der Waals surface area contributed by atoms with Crippen LogP contribution < -0.4 is 0 Å². The molecule has 0 bridgehead atoms. The Morgan fingerprint density at radius 1 is 1.44 bits per heavy atom. The monoisotopic (exact) mass is 265 g/mol. The molecular formula is C11H14F3NO3. The standard InChI is InChI=1S/C11H14F3NO3/c1-6(16)5-8-9(17)3-4-15(10(8)18)7(2)11(12,13)14/h7-8H,3-5H2,1-2H3. The van der Waals surface area contributed by atoms with Crippen molar-refractivity contribution in [3.8, 4) is 0 Å². The van der Waals surface area contributed by atoms with Crippen LogP contribution in [-0.2, 0) is 14.4 Å². The zero-order valence-corrected chi connectivity index (χ0v) is 10.1. The van der Waals surface area contributed by atoms with Crippen LogP contribution in [0.25, 0.3) is 0 Å². The maximum absolute atomic E-state index is 12.5. The van der Waals surface area contributed by atoms with Gasteiger partial charge in [-0.3, -0.25) is 14.4 Å². The Morgan fingerprint density at radius 3 is 2.44 bits per heavy atom. The van der Waals surface area contributed by atoms with Gasteiger partial charge in [0.15, 0.2) is 0 Å². The van der Waals surface area contributed by atoms with E-state index in [2.05, 4.69) is 0 Å². The van der Waals surface area contributed by atoms with E-state index in [9.17, 15) is 27.6 Å². The summed E-state index contributed by atoms with van der Waals surface area (Å²) in [6.07, 6.45) is -4.99. The summed E-state index contributed by atoms with van der Waals surface area (Å²) in [6, 6.07) is -1.94. The molecular weight excluding hydrogens is 251 g/mol. The van der Waals surface area contributed by atoms with Gasteiger partial charge in [-0.1, -0.05) is 0 Å². The third-order valence-corrected chi connectivity index (χ3v) is 3.00. The molecule has 1 amide bonds. The second kappa shape index (κ2) is 5.07. The number of nitrogens with zero attached hydrogens (tertiary/aromatic N) is 1. The van der Waals surface area contributed by atoms with E-state index in [1.807, 2.05) is 0 Å². The van der Waals surface area contributed by atoms with Gasteiger partial charge >= 0.3 is 6.18 Å². The van der Waals surface area contributed by atoms with E-state index < -0.39 is 29.8 Å². The number of rotatable bonds is 3. The van der Waals surface area contributed by atoms with Crippen LogP contribution in [0.2, 0.25) is 0 Å².